The molecule has 1 aliphatic rings. The molecule has 0 aliphatic heterocycles. The molecule has 8 nitrogen and oxygen atoms in total. The zero-order valence-electron chi connectivity index (χ0n) is 17.0. The second-order valence-corrected chi connectivity index (χ2v) is 8.45. The number of fused-ring (bicyclic) bond motifs is 2. The quantitative estimate of drug-likeness (QED) is 0.459. The molecule has 0 spiro atoms. The highest BCUT2D eigenvalue weighted by Crippen LogP contribution is 2.42. The maximum atomic E-state index is 15.4. The van der Waals surface area contributed by atoms with Gasteiger partial charge in [0, 0.05) is 31.2 Å². The van der Waals surface area contributed by atoms with Crippen molar-refractivity contribution >= 4 is 45.7 Å². The molecule has 0 bridgehead atoms. The number of rotatable bonds is 5. The molecule has 3 aromatic heterocycles. The number of aromatic amines is 1. The van der Waals surface area contributed by atoms with Crippen LogP contribution < -0.4 is 10.2 Å². The average Bonchev–Trinajstić information content (AvgIpc) is 3.11. The summed E-state index contributed by atoms with van der Waals surface area (Å²) in [6.45, 7) is 0. The number of H-pyrrole nitrogens is 1. The number of hydrogen-bond donors (Lipinski definition) is 2. The Morgan fingerprint density at radius 1 is 1.35 bits per heavy atom. The number of hydrogen-bond acceptors (Lipinski definition) is 6. The van der Waals surface area contributed by atoms with E-state index < -0.39 is 12.1 Å². The molecule has 5 rings (SSSR count). The van der Waals surface area contributed by atoms with Crippen molar-refractivity contribution in [2.45, 2.75) is 17.5 Å². The first-order chi connectivity index (χ1) is 14.9. The molecule has 1 aromatic carbocycles. The van der Waals surface area contributed by atoms with E-state index in [1.165, 1.54) is 11.8 Å². The Labute approximate surface area is 180 Å². The van der Waals surface area contributed by atoms with Crippen molar-refractivity contribution in [2.24, 2.45) is 5.92 Å². The lowest BCUT2D eigenvalue weighted by molar-refractivity contribution is -0.117. The van der Waals surface area contributed by atoms with Crippen molar-refractivity contribution < 1.29 is 13.6 Å². The molecule has 1 aliphatic carbocycles. The predicted octanol–water partition coefficient (Wildman–Crippen LogP) is 3.50. The number of amides is 1. The number of carbonyl (C=O) groups excluding carboxylic acids is 1. The fourth-order valence-corrected chi connectivity index (χ4v) is 4.41. The summed E-state index contributed by atoms with van der Waals surface area (Å²) in [5, 5.41) is 10.4. The first-order valence-corrected chi connectivity index (χ1v) is 10.8. The molecule has 31 heavy (non-hydrogen) atoms. The maximum Gasteiger partial charge on any atom is 0.231 e. The van der Waals surface area contributed by atoms with Crippen LogP contribution in [0.2, 0.25) is 0 Å². The Balaban J connectivity index is 1.61. The molecule has 11 heteroatoms. The molecule has 0 unspecified atom stereocenters. The monoisotopic (exact) mass is 443 g/mol. The highest BCUT2D eigenvalue weighted by atomic mass is 32.2. The van der Waals surface area contributed by atoms with E-state index >= 15 is 4.39 Å². The first-order valence-electron chi connectivity index (χ1n) is 9.59. The van der Waals surface area contributed by atoms with Gasteiger partial charge < -0.3 is 14.6 Å². The smallest absolute Gasteiger partial charge is 0.231 e. The number of anilines is 2. The summed E-state index contributed by atoms with van der Waals surface area (Å²) in [7, 11) is 3.56. The lowest BCUT2D eigenvalue weighted by Gasteiger charge is -2.19. The van der Waals surface area contributed by atoms with E-state index in [0.29, 0.717) is 38.8 Å². The fourth-order valence-electron chi connectivity index (χ4n) is 3.71. The average molecular weight is 443 g/mol. The largest absolute Gasteiger partial charge is 0.374 e. The van der Waals surface area contributed by atoms with Crippen molar-refractivity contribution in [2.75, 3.05) is 30.6 Å². The molecule has 0 saturated heterocycles. The second-order valence-electron chi connectivity index (χ2n) is 7.64. The van der Waals surface area contributed by atoms with Gasteiger partial charge in [-0.1, -0.05) is 0 Å². The molecule has 0 radical (unpaired) electrons. The van der Waals surface area contributed by atoms with Crippen LogP contribution in [-0.4, -0.2) is 57.0 Å². The van der Waals surface area contributed by atoms with Crippen molar-refractivity contribution in [1.82, 2.24) is 24.6 Å². The summed E-state index contributed by atoms with van der Waals surface area (Å²) in [5.74, 6) is -1.02. The Morgan fingerprint density at radius 3 is 2.81 bits per heavy atom. The SMILES string of the molecule is CSc1c(F)c(N(C)C)c2[nH]ncc2c1-c1cn2cc(NC(=O)[C@@H]3C[C@@H]3F)nc2cn1. The van der Waals surface area contributed by atoms with Crippen LogP contribution in [0, 0.1) is 11.7 Å². The fraction of sp³-hybridized carbons (Fsp3) is 0.300. The van der Waals surface area contributed by atoms with Crippen molar-refractivity contribution in [1.29, 1.82) is 0 Å². The Morgan fingerprint density at radius 2 is 2.13 bits per heavy atom. The summed E-state index contributed by atoms with van der Waals surface area (Å²) in [5.41, 5.74) is 2.68. The maximum absolute atomic E-state index is 15.4. The zero-order valence-corrected chi connectivity index (χ0v) is 17.8. The van der Waals surface area contributed by atoms with Crippen LogP contribution in [0.1, 0.15) is 6.42 Å². The van der Waals surface area contributed by atoms with Crippen molar-refractivity contribution in [3.63, 3.8) is 0 Å². The Kier molecular flexibility index (Phi) is 4.58. The van der Waals surface area contributed by atoms with Crippen LogP contribution in [0.5, 0.6) is 0 Å². The standard InChI is InChI=1S/C20H19F2N7OS/c1-28(2)18-16(22)19(31-3)15(10-5-24-27-17(10)18)12-7-29-8-13(25-14(29)6-23-12)26-20(30)9-4-11(9)21/h5-9,11H,4H2,1-3H3,(H,24,27)(H,26,30)/t9-,11+/m1/s1. The summed E-state index contributed by atoms with van der Waals surface area (Å²) < 4.78 is 30.2. The van der Waals surface area contributed by atoms with Crippen LogP contribution in [0.15, 0.2) is 29.7 Å². The summed E-state index contributed by atoms with van der Waals surface area (Å²) in [6.07, 6.45) is 7.55. The van der Waals surface area contributed by atoms with Gasteiger partial charge in [-0.05, 0) is 12.7 Å². The number of imidazole rings is 1. The molecular weight excluding hydrogens is 424 g/mol. The summed E-state index contributed by atoms with van der Waals surface area (Å²) in [4.78, 5) is 23.0. The van der Waals surface area contributed by atoms with Crippen LogP contribution in [0.4, 0.5) is 20.3 Å². The minimum Gasteiger partial charge on any atom is -0.374 e. The van der Waals surface area contributed by atoms with Gasteiger partial charge in [0.15, 0.2) is 17.3 Å². The van der Waals surface area contributed by atoms with Crippen molar-refractivity contribution in [3.8, 4) is 11.3 Å². The van der Waals surface area contributed by atoms with E-state index in [-0.39, 0.29) is 18.1 Å². The second kappa shape index (κ2) is 7.19. The molecule has 4 aromatic rings. The highest BCUT2D eigenvalue weighted by Gasteiger charge is 2.43. The van der Waals surface area contributed by atoms with Gasteiger partial charge in [0.2, 0.25) is 5.91 Å². The zero-order chi connectivity index (χ0) is 21.9. The van der Waals surface area contributed by atoms with E-state index in [1.807, 2.05) is 6.26 Å². The van der Waals surface area contributed by atoms with E-state index in [2.05, 4.69) is 25.5 Å². The molecule has 1 fully saturated rings. The van der Waals surface area contributed by atoms with Crippen LogP contribution in [0.25, 0.3) is 27.8 Å². The number of alkyl halides is 1. The van der Waals surface area contributed by atoms with Gasteiger partial charge >= 0.3 is 0 Å². The van der Waals surface area contributed by atoms with Gasteiger partial charge in [-0.25, -0.2) is 13.8 Å². The number of benzene rings is 1. The molecule has 2 N–H and O–H groups in total. The third kappa shape index (κ3) is 3.19. The molecule has 1 amide bonds. The van der Waals surface area contributed by atoms with Gasteiger partial charge in [-0.2, -0.15) is 5.10 Å². The lowest BCUT2D eigenvalue weighted by Crippen LogP contribution is -2.15. The van der Waals surface area contributed by atoms with Crippen LogP contribution in [-0.2, 0) is 4.79 Å². The highest BCUT2D eigenvalue weighted by molar-refractivity contribution is 7.98. The normalized spacial score (nSPS) is 18.0. The molecule has 2 atom stereocenters. The van der Waals surface area contributed by atoms with Crippen molar-refractivity contribution in [3.05, 3.63) is 30.6 Å². The Bertz CT molecular complexity index is 1330. The molecule has 3 heterocycles. The lowest BCUT2D eigenvalue weighted by atomic mass is 10.1. The number of aromatic nitrogens is 5. The topological polar surface area (TPSA) is 91.2 Å². The molecular formula is C20H19F2N7OS. The number of carbonyl (C=O) groups is 1. The molecule has 1 saturated carbocycles. The third-order valence-electron chi connectivity index (χ3n) is 5.33. The van der Waals surface area contributed by atoms with E-state index in [0.717, 1.165) is 5.39 Å². The summed E-state index contributed by atoms with van der Waals surface area (Å²) >= 11 is 1.30. The number of nitrogens with zero attached hydrogens (tertiary/aromatic N) is 5. The minimum atomic E-state index is -1.08. The van der Waals surface area contributed by atoms with Gasteiger partial charge in [-0.15, -0.1) is 11.8 Å². The Hall–Kier alpha value is -3.21. The molecule has 160 valence electrons. The predicted molar refractivity (Wildman–Crippen MR) is 116 cm³/mol. The third-order valence-corrected chi connectivity index (χ3v) is 6.12. The summed E-state index contributed by atoms with van der Waals surface area (Å²) in [6, 6.07) is 0. The van der Waals surface area contributed by atoms with Gasteiger partial charge in [-0.3, -0.25) is 14.9 Å². The van der Waals surface area contributed by atoms with Gasteiger partial charge in [0.1, 0.15) is 6.17 Å². The minimum absolute atomic E-state index is 0.248. The van der Waals surface area contributed by atoms with Gasteiger partial charge in [0.25, 0.3) is 0 Å². The number of nitrogens with one attached hydrogen (secondary N) is 2. The number of halogens is 2. The van der Waals surface area contributed by atoms with E-state index in [9.17, 15) is 9.18 Å². The first kappa shape index (κ1) is 19.7. The van der Waals surface area contributed by atoms with Crippen LogP contribution in [0.3, 0.4) is 0 Å². The van der Waals surface area contributed by atoms with E-state index in [1.54, 1.807) is 48.2 Å². The van der Waals surface area contributed by atoms with Crippen LogP contribution >= 0.6 is 11.8 Å². The van der Waals surface area contributed by atoms with E-state index in [4.69, 9.17) is 0 Å². The van der Waals surface area contributed by atoms with Gasteiger partial charge in [0.05, 0.1) is 46.3 Å². The number of thioether (sulfide) groups is 1.